The number of ketones is 1. The summed E-state index contributed by atoms with van der Waals surface area (Å²) in [6, 6.07) is 5.30. The fourth-order valence-electron chi connectivity index (χ4n) is 1.02. The molecule has 0 saturated heterocycles. The number of hydrogen-bond donors (Lipinski definition) is 0. The molecule has 0 aliphatic carbocycles. The molecule has 68 valence electrons. The fraction of sp³-hybridized carbons (Fsp3) is 0.0909. The van der Waals surface area contributed by atoms with Gasteiger partial charge in [-0.1, -0.05) is 0 Å². The topological polar surface area (TPSA) is 40.9 Å². The lowest BCUT2D eigenvalue weighted by Gasteiger charge is -1.98. The van der Waals surface area contributed by atoms with Crippen molar-refractivity contribution >= 4 is 5.78 Å². The molecule has 0 amide bonds. The lowest BCUT2D eigenvalue weighted by molar-refractivity contribution is 0.101. The number of nitriles is 1. The van der Waals surface area contributed by atoms with E-state index in [1.165, 1.54) is 19.1 Å². The molecular formula is C11H6FNO. The zero-order valence-electron chi connectivity index (χ0n) is 7.47. The van der Waals surface area contributed by atoms with E-state index in [0.29, 0.717) is 5.56 Å². The quantitative estimate of drug-likeness (QED) is 0.497. The molecule has 0 radical (unpaired) electrons. The van der Waals surface area contributed by atoms with Gasteiger partial charge >= 0.3 is 0 Å². The van der Waals surface area contributed by atoms with E-state index in [9.17, 15) is 9.18 Å². The van der Waals surface area contributed by atoms with Gasteiger partial charge in [0.2, 0.25) is 0 Å². The average molecular weight is 187 g/mol. The summed E-state index contributed by atoms with van der Waals surface area (Å²) >= 11 is 0. The first-order chi connectivity index (χ1) is 6.65. The molecule has 1 rings (SSSR count). The zero-order chi connectivity index (χ0) is 10.6. The van der Waals surface area contributed by atoms with Crippen LogP contribution in [0.4, 0.5) is 4.39 Å². The van der Waals surface area contributed by atoms with Crippen LogP contribution in [0.3, 0.4) is 0 Å². The summed E-state index contributed by atoms with van der Waals surface area (Å²) in [6.07, 6.45) is 0. The highest BCUT2D eigenvalue weighted by Gasteiger charge is 2.05. The van der Waals surface area contributed by atoms with E-state index in [-0.39, 0.29) is 11.3 Å². The van der Waals surface area contributed by atoms with Gasteiger partial charge in [-0.3, -0.25) is 4.79 Å². The number of rotatable bonds is 1. The van der Waals surface area contributed by atoms with Crippen molar-refractivity contribution in [1.29, 1.82) is 5.26 Å². The lowest BCUT2D eigenvalue weighted by Crippen LogP contribution is -1.97. The molecule has 1 aromatic rings. The maximum atomic E-state index is 12.8. The van der Waals surface area contributed by atoms with Crippen LogP contribution in [0.25, 0.3) is 0 Å². The van der Waals surface area contributed by atoms with Gasteiger partial charge in [-0.25, -0.2) is 4.39 Å². The number of nitrogens with zero attached hydrogens (tertiary/aromatic N) is 1. The molecule has 0 N–H and O–H groups in total. The SMILES string of the molecule is CC(=O)c1ccc(F)cc1C#CC#N. The molecule has 0 aromatic heterocycles. The highest BCUT2D eigenvalue weighted by molar-refractivity contribution is 5.96. The largest absolute Gasteiger partial charge is 0.294 e. The van der Waals surface area contributed by atoms with Crippen LogP contribution in [0.15, 0.2) is 18.2 Å². The third kappa shape index (κ3) is 2.18. The van der Waals surface area contributed by atoms with Crippen molar-refractivity contribution in [3.63, 3.8) is 0 Å². The summed E-state index contributed by atoms with van der Waals surface area (Å²) in [4.78, 5) is 11.1. The summed E-state index contributed by atoms with van der Waals surface area (Å²) in [5, 5.41) is 8.22. The summed E-state index contributed by atoms with van der Waals surface area (Å²) in [6.45, 7) is 1.37. The van der Waals surface area contributed by atoms with Gasteiger partial charge in [0.25, 0.3) is 0 Å². The van der Waals surface area contributed by atoms with Crippen molar-refractivity contribution in [2.24, 2.45) is 0 Å². The van der Waals surface area contributed by atoms with Crippen LogP contribution in [-0.4, -0.2) is 5.78 Å². The highest BCUT2D eigenvalue weighted by Crippen LogP contribution is 2.10. The Labute approximate surface area is 81.0 Å². The molecular weight excluding hydrogens is 181 g/mol. The molecule has 3 heteroatoms. The predicted octanol–water partition coefficient (Wildman–Crippen LogP) is 1.90. The van der Waals surface area contributed by atoms with Crippen molar-refractivity contribution in [2.75, 3.05) is 0 Å². The Balaban J connectivity index is 3.31. The second-order valence-electron chi connectivity index (χ2n) is 2.61. The Morgan fingerprint density at radius 1 is 1.50 bits per heavy atom. The smallest absolute Gasteiger partial charge is 0.161 e. The van der Waals surface area contributed by atoms with E-state index < -0.39 is 5.82 Å². The zero-order valence-corrected chi connectivity index (χ0v) is 7.47. The van der Waals surface area contributed by atoms with Gasteiger partial charge in [0.15, 0.2) is 11.9 Å². The summed E-state index contributed by atoms with van der Waals surface area (Å²) in [5.74, 6) is 3.86. The molecule has 0 spiro atoms. The average Bonchev–Trinajstić information content (AvgIpc) is 2.14. The molecule has 0 fully saturated rings. The number of benzene rings is 1. The van der Waals surface area contributed by atoms with Gasteiger partial charge in [0.05, 0.1) is 0 Å². The van der Waals surface area contributed by atoms with E-state index in [4.69, 9.17) is 5.26 Å². The maximum absolute atomic E-state index is 12.8. The Kier molecular flexibility index (Phi) is 2.99. The van der Waals surface area contributed by atoms with Crippen LogP contribution in [0.1, 0.15) is 22.8 Å². The van der Waals surface area contributed by atoms with Crippen molar-refractivity contribution in [1.82, 2.24) is 0 Å². The Hall–Kier alpha value is -2.13. The third-order valence-electron chi connectivity index (χ3n) is 1.61. The molecule has 2 nitrogen and oxygen atoms in total. The summed E-state index contributed by atoms with van der Waals surface area (Å²) in [5.41, 5.74) is 0.577. The van der Waals surface area contributed by atoms with Crippen LogP contribution >= 0.6 is 0 Å². The minimum absolute atomic E-state index is 0.202. The van der Waals surface area contributed by atoms with Crippen molar-refractivity contribution in [2.45, 2.75) is 6.92 Å². The van der Waals surface area contributed by atoms with Crippen molar-refractivity contribution < 1.29 is 9.18 Å². The standard InChI is InChI=1S/C11H6FNO/c1-8(14)11-5-4-10(12)7-9(11)3-2-6-13/h4-5,7H,1H3. The molecule has 0 unspecified atom stereocenters. The van der Waals surface area contributed by atoms with Crippen LogP contribution in [-0.2, 0) is 0 Å². The van der Waals surface area contributed by atoms with E-state index in [2.05, 4.69) is 11.8 Å². The maximum Gasteiger partial charge on any atom is 0.161 e. The Bertz CT molecular complexity index is 474. The Morgan fingerprint density at radius 3 is 2.79 bits per heavy atom. The molecule has 14 heavy (non-hydrogen) atoms. The highest BCUT2D eigenvalue weighted by atomic mass is 19.1. The van der Waals surface area contributed by atoms with Crippen LogP contribution in [0.5, 0.6) is 0 Å². The van der Waals surface area contributed by atoms with Gasteiger partial charge in [-0.15, -0.1) is 0 Å². The van der Waals surface area contributed by atoms with Gasteiger partial charge in [-0.05, 0) is 31.0 Å². The molecule has 1 aromatic carbocycles. The van der Waals surface area contributed by atoms with E-state index in [0.717, 1.165) is 6.07 Å². The van der Waals surface area contributed by atoms with E-state index in [1.807, 2.05) is 0 Å². The number of carbonyl (C=O) groups excluding carboxylic acids is 1. The molecule has 0 saturated carbocycles. The first kappa shape index (κ1) is 9.95. The monoisotopic (exact) mass is 187 g/mol. The minimum atomic E-state index is -0.475. The fourth-order valence-corrected chi connectivity index (χ4v) is 1.02. The number of halogens is 1. The Morgan fingerprint density at radius 2 is 2.21 bits per heavy atom. The minimum Gasteiger partial charge on any atom is -0.294 e. The van der Waals surface area contributed by atoms with Crippen molar-refractivity contribution in [3.8, 4) is 17.9 Å². The van der Waals surface area contributed by atoms with Crippen molar-refractivity contribution in [3.05, 3.63) is 35.1 Å². The summed E-state index contributed by atoms with van der Waals surface area (Å²) in [7, 11) is 0. The number of hydrogen-bond acceptors (Lipinski definition) is 2. The normalized spacial score (nSPS) is 8.36. The van der Waals surface area contributed by atoms with Gasteiger partial charge in [0.1, 0.15) is 5.82 Å². The lowest BCUT2D eigenvalue weighted by atomic mass is 10.0. The van der Waals surface area contributed by atoms with Gasteiger partial charge in [0, 0.05) is 17.0 Å². The molecule has 0 aliphatic heterocycles. The van der Waals surface area contributed by atoms with Gasteiger partial charge in [-0.2, -0.15) is 5.26 Å². The number of carbonyl (C=O) groups is 1. The number of Topliss-reactive ketones (excluding diaryl/α,β-unsaturated/α-hetero) is 1. The first-order valence-corrected chi connectivity index (χ1v) is 3.85. The molecule has 0 atom stereocenters. The van der Waals surface area contributed by atoms with Crippen LogP contribution < -0.4 is 0 Å². The molecule has 0 heterocycles. The molecule has 0 bridgehead atoms. The first-order valence-electron chi connectivity index (χ1n) is 3.85. The summed E-state index contributed by atoms with van der Waals surface area (Å²) < 4.78 is 12.8. The van der Waals surface area contributed by atoms with Crippen LogP contribution in [0.2, 0.25) is 0 Å². The van der Waals surface area contributed by atoms with E-state index in [1.54, 1.807) is 6.07 Å². The van der Waals surface area contributed by atoms with Gasteiger partial charge < -0.3 is 0 Å². The molecule has 0 aliphatic rings. The second kappa shape index (κ2) is 4.20. The third-order valence-corrected chi connectivity index (χ3v) is 1.61. The van der Waals surface area contributed by atoms with E-state index >= 15 is 0 Å². The second-order valence-corrected chi connectivity index (χ2v) is 2.61. The van der Waals surface area contributed by atoms with Crippen LogP contribution in [0, 0.1) is 29.0 Å². The predicted molar refractivity (Wildman–Crippen MR) is 48.9 cm³/mol.